The second-order valence-corrected chi connectivity index (χ2v) is 4.51. The van der Waals surface area contributed by atoms with Gasteiger partial charge in [0.1, 0.15) is 18.2 Å². The van der Waals surface area contributed by atoms with Crippen LogP contribution in [0.15, 0.2) is 36.7 Å². The number of carbonyl (C=O) groups is 1. The Morgan fingerprint density at radius 2 is 2.10 bits per heavy atom. The lowest BCUT2D eigenvalue weighted by Gasteiger charge is -2.17. The lowest BCUT2D eigenvalue weighted by atomic mass is 10.1. The fraction of sp³-hybridized carbons (Fsp3) is 0.400. The van der Waals surface area contributed by atoms with E-state index >= 15 is 0 Å². The summed E-state index contributed by atoms with van der Waals surface area (Å²) in [5, 5.41) is 11.1. The fourth-order valence-corrected chi connectivity index (χ4v) is 2.08. The summed E-state index contributed by atoms with van der Waals surface area (Å²) < 4.78 is 7.07. The number of hydrogen-bond donors (Lipinski definition) is 1. The van der Waals surface area contributed by atoms with Gasteiger partial charge in [-0.05, 0) is 19.4 Å². The molecule has 21 heavy (non-hydrogen) atoms. The van der Waals surface area contributed by atoms with E-state index in [-0.39, 0.29) is 5.97 Å². The van der Waals surface area contributed by atoms with Gasteiger partial charge in [-0.15, -0.1) is 10.2 Å². The second kappa shape index (κ2) is 7.54. The lowest BCUT2D eigenvalue weighted by molar-refractivity contribution is -0.145. The molecule has 6 heteroatoms. The van der Waals surface area contributed by atoms with Crippen LogP contribution in [0.25, 0.3) is 0 Å². The number of nitrogens with zero attached hydrogens (tertiary/aromatic N) is 3. The van der Waals surface area contributed by atoms with Gasteiger partial charge in [0.05, 0.1) is 13.2 Å². The third-order valence-corrected chi connectivity index (χ3v) is 3.16. The molecule has 0 amide bonds. The number of ether oxygens (including phenoxy) is 1. The van der Waals surface area contributed by atoms with E-state index < -0.39 is 6.04 Å². The van der Waals surface area contributed by atoms with Gasteiger partial charge in [-0.3, -0.25) is 5.32 Å². The predicted octanol–water partition coefficient (Wildman–Crippen LogP) is 1.69. The molecule has 2 aromatic rings. The zero-order valence-electron chi connectivity index (χ0n) is 12.3. The molecule has 0 saturated carbocycles. The summed E-state index contributed by atoms with van der Waals surface area (Å²) in [4.78, 5) is 12.1. The number of esters is 1. The third kappa shape index (κ3) is 3.88. The average molecular weight is 288 g/mol. The van der Waals surface area contributed by atoms with Crippen LogP contribution in [-0.4, -0.2) is 27.3 Å². The summed E-state index contributed by atoms with van der Waals surface area (Å²) in [6, 6.07) is 9.01. The summed E-state index contributed by atoms with van der Waals surface area (Å²) in [5.74, 6) is 0.508. The quantitative estimate of drug-likeness (QED) is 0.785. The number of carbonyl (C=O) groups excluding carboxylic acids is 1. The summed E-state index contributed by atoms with van der Waals surface area (Å²) in [6.07, 6.45) is 1.68. The average Bonchev–Trinajstić information content (AvgIpc) is 2.96. The number of aromatic nitrogens is 3. The van der Waals surface area contributed by atoms with Crippen LogP contribution in [0.3, 0.4) is 0 Å². The number of benzene rings is 1. The predicted molar refractivity (Wildman–Crippen MR) is 78.4 cm³/mol. The van der Waals surface area contributed by atoms with Gasteiger partial charge < -0.3 is 9.30 Å². The molecule has 0 aliphatic carbocycles. The maximum Gasteiger partial charge on any atom is 0.327 e. The molecule has 1 N–H and O–H groups in total. The van der Waals surface area contributed by atoms with Crippen molar-refractivity contribution < 1.29 is 9.53 Å². The van der Waals surface area contributed by atoms with Crippen LogP contribution in [0.1, 0.15) is 31.3 Å². The minimum absolute atomic E-state index is 0.286. The highest BCUT2D eigenvalue weighted by Gasteiger charge is 2.21. The first kappa shape index (κ1) is 15.2. The van der Waals surface area contributed by atoms with Crippen molar-refractivity contribution in [2.75, 3.05) is 6.61 Å². The Bertz CT molecular complexity index is 568. The molecule has 1 atom stereocenters. The molecule has 0 saturated heterocycles. The number of rotatable bonds is 7. The summed E-state index contributed by atoms with van der Waals surface area (Å²) in [7, 11) is 0. The monoisotopic (exact) mass is 288 g/mol. The molecule has 1 aromatic carbocycles. The van der Waals surface area contributed by atoms with Gasteiger partial charge in [-0.25, -0.2) is 4.79 Å². The highest BCUT2D eigenvalue weighted by Crippen LogP contribution is 2.15. The van der Waals surface area contributed by atoms with Gasteiger partial charge in [0.25, 0.3) is 0 Å². The van der Waals surface area contributed by atoms with Crippen molar-refractivity contribution in [3.05, 3.63) is 48.0 Å². The van der Waals surface area contributed by atoms with E-state index in [4.69, 9.17) is 4.74 Å². The molecule has 0 aliphatic rings. The highest BCUT2D eigenvalue weighted by atomic mass is 16.5. The fourth-order valence-electron chi connectivity index (χ4n) is 2.08. The SMILES string of the molecule is CCOC(=O)C(NCc1nncn1CC)c1ccccc1. The maximum absolute atomic E-state index is 12.1. The van der Waals surface area contributed by atoms with E-state index in [1.165, 1.54) is 0 Å². The third-order valence-electron chi connectivity index (χ3n) is 3.16. The van der Waals surface area contributed by atoms with Crippen molar-refractivity contribution in [1.29, 1.82) is 0 Å². The van der Waals surface area contributed by atoms with Crippen molar-refractivity contribution >= 4 is 5.97 Å². The molecule has 6 nitrogen and oxygen atoms in total. The molecule has 0 radical (unpaired) electrons. The van der Waals surface area contributed by atoms with Gasteiger partial charge in [-0.2, -0.15) is 0 Å². The zero-order chi connectivity index (χ0) is 15.1. The van der Waals surface area contributed by atoms with Gasteiger partial charge in [0.2, 0.25) is 0 Å². The zero-order valence-corrected chi connectivity index (χ0v) is 12.3. The van der Waals surface area contributed by atoms with Crippen LogP contribution in [0.4, 0.5) is 0 Å². The second-order valence-electron chi connectivity index (χ2n) is 4.51. The molecular weight excluding hydrogens is 268 g/mol. The Labute approximate surface area is 124 Å². The van der Waals surface area contributed by atoms with Gasteiger partial charge >= 0.3 is 5.97 Å². The Balaban J connectivity index is 2.11. The minimum atomic E-state index is -0.506. The van der Waals surface area contributed by atoms with Crippen molar-refractivity contribution in [1.82, 2.24) is 20.1 Å². The van der Waals surface area contributed by atoms with Crippen LogP contribution in [0, 0.1) is 0 Å². The van der Waals surface area contributed by atoms with E-state index in [0.717, 1.165) is 17.9 Å². The van der Waals surface area contributed by atoms with Crippen molar-refractivity contribution in [3.8, 4) is 0 Å². The Hall–Kier alpha value is -2.21. The van der Waals surface area contributed by atoms with Gasteiger partial charge in [0.15, 0.2) is 0 Å². The molecule has 1 aromatic heterocycles. The van der Waals surface area contributed by atoms with Gasteiger partial charge in [-0.1, -0.05) is 30.3 Å². The molecular formula is C15H20N4O2. The van der Waals surface area contributed by atoms with E-state index in [9.17, 15) is 4.79 Å². The highest BCUT2D eigenvalue weighted by molar-refractivity contribution is 5.77. The van der Waals surface area contributed by atoms with Crippen molar-refractivity contribution in [3.63, 3.8) is 0 Å². The summed E-state index contributed by atoms with van der Waals surface area (Å²) in [5.41, 5.74) is 0.874. The largest absolute Gasteiger partial charge is 0.465 e. The molecule has 1 heterocycles. The van der Waals surface area contributed by atoms with Crippen LogP contribution < -0.4 is 5.32 Å². The van der Waals surface area contributed by atoms with Crippen molar-refractivity contribution in [2.45, 2.75) is 33.0 Å². The molecule has 2 rings (SSSR count). The van der Waals surface area contributed by atoms with E-state index in [2.05, 4.69) is 15.5 Å². The van der Waals surface area contributed by atoms with E-state index in [1.807, 2.05) is 41.8 Å². The van der Waals surface area contributed by atoms with Crippen LogP contribution in [0.2, 0.25) is 0 Å². The number of nitrogens with one attached hydrogen (secondary N) is 1. The lowest BCUT2D eigenvalue weighted by Crippen LogP contribution is -2.30. The van der Waals surface area contributed by atoms with Gasteiger partial charge in [0, 0.05) is 6.54 Å². The van der Waals surface area contributed by atoms with Crippen LogP contribution in [-0.2, 0) is 22.6 Å². The summed E-state index contributed by atoms with van der Waals surface area (Å²) in [6.45, 7) is 5.42. The molecule has 0 aliphatic heterocycles. The van der Waals surface area contributed by atoms with Crippen molar-refractivity contribution in [2.24, 2.45) is 0 Å². The normalized spacial score (nSPS) is 12.1. The molecule has 0 fully saturated rings. The van der Waals surface area contributed by atoms with E-state index in [0.29, 0.717) is 13.2 Å². The standard InChI is InChI=1S/C15H20N4O2/c1-3-19-11-17-18-13(19)10-16-14(15(20)21-4-2)12-8-6-5-7-9-12/h5-9,11,14,16H,3-4,10H2,1-2H3. The number of aryl methyl sites for hydroxylation is 1. The minimum Gasteiger partial charge on any atom is -0.465 e. The first-order chi connectivity index (χ1) is 10.3. The molecule has 112 valence electrons. The smallest absolute Gasteiger partial charge is 0.327 e. The maximum atomic E-state index is 12.1. The first-order valence-electron chi connectivity index (χ1n) is 7.07. The molecule has 1 unspecified atom stereocenters. The Morgan fingerprint density at radius 3 is 2.76 bits per heavy atom. The Morgan fingerprint density at radius 1 is 1.33 bits per heavy atom. The molecule has 0 spiro atoms. The Kier molecular flexibility index (Phi) is 5.45. The van der Waals surface area contributed by atoms with Crippen LogP contribution in [0.5, 0.6) is 0 Å². The topological polar surface area (TPSA) is 69.0 Å². The van der Waals surface area contributed by atoms with Crippen LogP contribution >= 0.6 is 0 Å². The molecule has 0 bridgehead atoms. The summed E-state index contributed by atoms with van der Waals surface area (Å²) >= 11 is 0. The van der Waals surface area contributed by atoms with E-state index in [1.54, 1.807) is 13.3 Å². The first-order valence-corrected chi connectivity index (χ1v) is 7.07. The number of hydrogen-bond acceptors (Lipinski definition) is 5.